The molecule has 3 rings (SSSR count). The van der Waals surface area contributed by atoms with Crippen molar-refractivity contribution in [2.45, 2.75) is 25.3 Å². The van der Waals surface area contributed by atoms with E-state index in [0.717, 1.165) is 25.3 Å². The van der Waals surface area contributed by atoms with Crippen LogP contribution in [0.4, 0.5) is 5.69 Å². The van der Waals surface area contributed by atoms with E-state index in [1.807, 2.05) is 12.1 Å². The lowest BCUT2D eigenvalue weighted by Crippen LogP contribution is -2.32. The highest BCUT2D eigenvalue weighted by molar-refractivity contribution is 5.57. The Kier molecular flexibility index (Phi) is 3.56. The number of nitrogens with one attached hydrogen (secondary N) is 2. The van der Waals surface area contributed by atoms with Gasteiger partial charge in [-0.2, -0.15) is 0 Å². The van der Waals surface area contributed by atoms with Gasteiger partial charge in [0, 0.05) is 37.2 Å². The third kappa shape index (κ3) is 2.82. The minimum Gasteiger partial charge on any atom is -0.469 e. The maximum Gasteiger partial charge on any atom is 0.105 e. The first-order chi connectivity index (χ1) is 9.33. The summed E-state index contributed by atoms with van der Waals surface area (Å²) in [6, 6.07) is 13.0. The highest BCUT2D eigenvalue weighted by atomic mass is 16.3. The van der Waals surface area contributed by atoms with Crippen LogP contribution in [0.15, 0.2) is 47.1 Å². The Hall–Kier alpha value is -1.74. The minimum atomic E-state index is 0.430. The number of furan rings is 1. The van der Waals surface area contributed by atoms with Gasteiger partial charge in [-0.15, -0.1) is 0 Å². The molecule has 0 radical (unpaired) electrons. The van der Waals surface area contributed by atoms with Gasteiger partial charge in [-0.1, -0.05) is 18.2 Å². The predicted molar refractivity (Wildman–Crippen MR) is 77.5 cm³/mol. The molecule has 0 spiro atoms. The molecule has 100 valence electrons. The quantitative estimate of drug-likeness (QED) is 0.863. The molecular formula is C16H20N2O. The molecule has 1 aromatic carbocycles. The summed E-state index contributed by atoms with van der Waals surface area (Å²) in [4.78, 5) is 0. The normalized spacial score (nSPS) is 18.9. The molecule has 2 N–H and O–H groups in total. The lowest BCUT2D eigenvalue weighted by molar-refractivity contribution is 0.449. The lowest BCUT2D eigenvalue weighted by Gasteiger charge is -2.16. The summed E-state index contributed by atoms with van der Waals surface area (Å²) in [6.07, 6.45) is 2.67. The van der Waals surface area contributed by atoms with Crippen LogP contribution in [0.5, 0.6) is 0 Å². The number of hydrogen-bond donors (Lipinski definition) is 2. The average molecular weight is 256 g/mol. The number of rotatable bonds is 5. The third-order valence-corrected chi connectivity index (χ3v) is 3.74. The topological polar surface area (TPSA) is 37.2 Å². The molecular weight excluding hydrogens is 236 g/mol. The van der Waals surface area contributed by atoms with Crippen molar-refractivity contribution in [3.63, 3.8) is 0 Å². The summed E-state index contributed by atoms with van der Waals surface area (Å²) >= 11 is 0. The van der Waals surface area contributed by atoms with E-state index in [1.54, 1.807) is 6.26 Å². The Morgan fingerprint density at radius 3 is 3.05 bits per heavy atom. The SMILES string of the molecule is CC(Cc1ccco1)NCC1CNc2ccccc21. The van der Waals surface area contributed by atoms with Crippen molar-refractivity contribution in [1.29, 1.82) is 0 Å². The molecule has 2 aromatic rings. The summed E-state index contributed by atoms with van der Waals surface area (Å²) in [5, 5.41) is 7.06. The van der Waals surface area contributed by atoms with E-state index in [9.17, 15) is 0 Å². The van der Waals surface area contributed by atoms with Crippen LogP contribution in [-0.2, 0) is 6.42 Å². The number of para-hydroxylation sites is 1. The van der Waals surface area contributed by atoms with Crippen molar-refractivity contribution in [3.05, 3.63) is 54.0 Å². The van der Waals surface area contributed by atoms with E-state index < -0.39 is 0 Å². The zero-order valence-electron chi connectivity index (χ0n) is 11.2. The van der Waals surface area contributed by atoms with Crippen LogP contribution in [-0.4, -0.2) is 19.1 Å². The fraction of sp³-hybridized carbons (Fsp3) is 0.375. The second-order valence-corrected chi connectivity index (χ2v) is 5.26. The molecule has 2 atom stereocenters. The molecule has 3 nitrogen and oxygen atoms in total. The molecule has 19 heavy (non-hydrogen) atoms. The van der Waals surface area contributed by atoms with Crippen LogP contribution in [0, 0.1) is 0 Å². The number of fused-ring (bicyclic) bond motifs is 1. The largest absolute Gasteiger partial charge is 0.469 e. The van der Waals surface area contributed by atoms with Gasteiger partial charge in [0.15, 0.2) is 0 Å². The van der Waals surface area contributed by atoms with Crippen LogP contribution in [0.3, 0.4) is 0 Å². The van der Waals surface area contributed by atoms with Gasteiger partial charge in [-0.05, 0) is 30.7 Å². The summed E-state index contributed by atoms with van der Waals surface area (Å²) < 4.78 is 5.38. The van der Waals surface area contributed by atoms with E-state index in [2.05, 4.69) is 41.8 Å². The number of hydrogen-bond acceptors (Lipinski definition) is 3. The van der Waals surface area contributed by atoms with E-state index in [1.165, 1.54) is 11.3 Å². The lowest BCUT2D eigenvalue weighted by atomic mass is 10.0. The van der Waals surface area contributed by atoms with Crippen molar-refractivity contribution >= 4 is 5.69 Å². The average Bonchev–Trinajstić information content (AvgIpc) is 3.05. The van der Waals surface area contributed by atoms with Gasteiger partial charge in [-0.3, -0.25) is 0 Å². The van der Waals surface area contributed by atoms with E-state index >= 15 is 0 Å². The number of anilines is 1. The van der Waals surface area contributed by atoms with Gasteiger partial charge in [0.2, 0.25) is 0 Å². The molecule has 3 heteroatoms. The first-order valence-corrected chi connectivity index (χ1v) is 6.91. The molecule has 0 aliphatic carbocycles. The van der Waals surface area contributed by atoms with Crippen LogP contribution in [0.2, 0.25) is 0 Å². The minimum absolute atomic E-state index is 0.430. The van der Waals surface area contributed by atoms with Crippen LogP contribution >= 0.6 is 0 Å². The van der Waals surface area contributed by atoms with Crippen molar-refractivity contribution in [2.24, 2.45) is 0 Å². The van der Waals surface area contributed by atoms with Gasteiger partial charge in [0.05, 0.1) is 6.26 Å². The Labute approximate surface area is 114 Å². The maximum atomic E-state index is 5.38. The molecule has 2 unspecified atom stereocenters. The predicted octanol–water partition coefficient (Wildman–Crippen LogP) is 3.01. The monoisotopic (exact) mass is 256 g/mol. The fourth-order valence-corrected chi connectivity index (χ4v) is 2.69. The molecule has 1 aliphatic heterocycles. The molecule has 0 saturated carbocycles. The highest BCUT2D eigenvalue weighted by Gasteiger charge is 2.21. The number of benzene rings is 1. The van der Waals surface area contributed by atoms with Gasteiger partial charge in [0.25, 0.3) is 0 Å². The molecule has 0 bridgehead atoms. The fourth-order valence-electron chi connectivity index (χ4n) is 2.69. The van der Waals surface area contributed by atoms with Crippen molar-refractivity contribution in [2.75, 3.05) is 18.4 Å². The molecule has 0 saturated heterocycles. The highest BCUT2D eigenvalue weighted by Crippen LogP contribution is 2.30. The van der Waals surface area contributed by atoms with E-state index in [4.69, 9.17) is 4.42 Å². The second kappa shape index (κ2) is 5.49. The summed E-state index contributed by atoms with van der Waals surface area (Å²) in [5.74, 6) is 1.61. The third-order valence-electron chi connectivity index (χ3n) is 3.74. The van der Waals surface area contributed by atoms with Gasteiger partial charge >= 0.3 is 0 Å². The van der Waals surface area contributed by atoms with Gasteiger partial charge < -0.3 is 15.1 Å². The Balaban J connectivity index is 1.53. The van der Waals surface area contributed by atoms with E-state index in [0.29, 0.717) is 12.0 Å². The summed E-state index contributed by atoms with van der Waals surface area (Å²) in [7, 11) is 0. The smallest absolute Gasteiger partial charge is 0.105 e. The van der Waals surface area contributed by atoms with Crippen molar-refractivity contribution < 1.29 is 4.42 Å². The Bertz CT molecular complexity index is 521. The summed E-state index contributed by atoms with van der Waals surface area (Å²) in [6.45, 7) is 4.24. The second-order valence-electron chi connectivity index (χ2n) is 5.26. The standard InChI is InChI=1S/C16H20N2O/c1-12(9-14-5-4-8-19-14)17-10-13-11-18-16-7-3-2-6-15(13)16/h2-8,12-13,17-18H,9-11H2,1H3. The molecule has 1 aromatic heterocycles. The molecule has 0 amide bonds. The van der Waals surface area contributed by atoms with Crippen molar-refractivity contribution in [1.82, 2.24) is 5.32 Å². The molecule has 0 fully saturated rings. The Morgan fingerprint density at radius 2 is 2.21 bits per heavy atom. The van der Waals surface area contributed by atoms with Crippen molar-refractivity contribution in [3.8, 4) is 0 Å². The maximum absolute atomic E-state index is 5.38. The zero-order chi connectivity index (χ0) is 13.1. The zero-order valence-corrected chi connectivity index (χ0v) is 11.2. The summed E-state index contributed by atoms with van der Waals surface area (Å²) in [5.41, 5.74) is 2.72. The van der Waals surface area contributed by atoms with Crippen LogP contribution < -0.4 is 10.6 Å². The van der Waals surface area contributed by atoms with E-state index in [-0.39, 0.29) is 0 Å². The Morgan fingerprint density at radius 1 is 1.32 bits per heavy atom. The molecule has 2 heterocycles. The van der Waals surface area contributed by atoms with Crippen LogP contribution in [0.25, 0.3) is 0 Å². The van der Waals surface area contributed by atoms with Gasteiger partial charge in [-0.25, -0.2) is 0 Å². The van der Waals surface area contributed by atoms with Gasteiger partial charge in [0.1, 0.15) is 5.76 Å². The first kappa shape index (κ1) is 12.3. The molecule has 1 aliphatic rings. The first-order valence-electron chi connectivity index (χ1n) is 6.91. The van der Waals surface area contributed by atoms with Crippen LogP contribution in [0.1, 0.15) is 24.2 Å².